The first kappa shape index (κ1) is 46.9. The Kier molecular flexibility index (Phi) is 11.5. The van der Waals surface area contributed by atoms with Crippen LogP contribution in [0.4, 0.5) is 38.5 Å². The Morgan fingerprint density at radius 2 is 0.782 bits per heavy atom. The quantitative estimate of drug-likeness (QED) is 0.0995. The fourth-order valence-corrected chi connectivity index (χ4v) is 15.5. The van der Waals surface area contributed by atoms with Crippen LogP contribution in [0.5, 0.6) is 0 Å². The van der Waals surface area contributed by atoms with E-state index in [1.165, 1.54) is 76.1 Å². The first-order valence-corrected chi connectivity index (χ1v) is 29.9. The molecule has 1 heterocycles. The number of rotatable bonds is 10. The molecule has 0 bridgehead atoms. The number of anilines is 6. The molecule has 0 fully saturated rings. The fraction of sp³-hybridized carbons (Fsp3) is 0.0270. The fourth-order valence-electron chi connectivity index (χ4n) is 12.4. The van der Waals surface area contributed by atoms with Gasteiger partial charge in [0, 0.05) is 33.9 Å². The van der Waals surface area contributed by atoms with Crippen molar-refractivity contribution in [1.82, 2.24) is 0 Å². The normalized spacial score (nSPS) is 12.4. The van der Waals surface area contributed by atoms with E-state index in [0.717, 1.165) is 50.7 Å². The lowest BCUT2D eigenvalue weighted by molar-refractivity contribution is 0.630. The van der Waals surface area contributed by atoms with E-state index in [1.54, 1.807) is 6.07 Å². The van der Waals surface area contributed by atoms with Crippen molar-refractivity contribution in [2.75, 3.05) is 9.80 Å². The topological polar surface area (TPSA) is 6.48 Å². The van der Waals surface area contributed by atoms with Crippen molar-refractivity contribution in [3.63, 3.8) is 0 Å². The molecule has 1 aliphatic rings. The van der Waals surface area contributed by atoms with E-state index >= 15 is 4.39 Å². The number of hydrogen-bond donors (Lipinski definition) is 0. The molecular formula is C74H53FN2Si. The zero-order valence-corrected chi connectivity index (χ0v) is 44.4. The Balaban J connectivity index is 0.920. The molecule has 0 spiro atoms. The van der Waals surface area contributed by atoms with Gasteiger partial charge in [0.2, 0.25) is 0 Å². The van der Waals surface area contributed by atoms with E-state index < -0.39 is 8.07 Å². The van der Waals surface area contributed by atoms with Gasteiger partial charge in [-0.2, -0.15) is 0 Å². The van der Waals surface area contributed by atoms with Crippen molar-refractivity contribution in [2.45, 2.75) is 13.1 Å². The Bertz CT molecular complexity index is 4390. The minimum Gasteiger partial charge on any atom is -0.310 e. The summed E-state index contributed by atoms with van der Waals surface area (Å²) in [5.41, 5.74) is 16.5. The minimum atomic E-state index is -2.43. The summed E-state index contributed by atoms with van der Waals surface area (Å²) < 4.78 is 17.6. The van der Waals surface area contributed by atoms with E-state index in [2.05, 4.69) is 235 Å². The largest absolute Gasteiger partial charge is 0.310 e. The van der Waals surface area contributed by atoms with Gasteiger partial charge in [0.15, 0.2) is 0 Å². The third-order valence-electron chi connectivity index (χ3n) is 16.1. The Morgan fingerprint density at radius 1 is 0.282 bits per heavy atom. The molecule has 0 amide bonds. The average Bonchev–Trinajstić information content (AvgIpc) is 3.66. The van der Waals surface area contributed by atoms with Crippen LogP contribution in [0.15, 0.2) is 285 Å². The molecule has 0 aliphatic carbocycles. The molecule has 4 heteroatoms. The lowest BCUT2D eigenvalue weighted by Gasteiger charge is -2.36. The van der Waals surface area contributed by atoms with Crippen LogP contribution in [0.3, 0.4) is 0 Å². The van der Waals surface area contributed by atoms with Crippen molar-refractivity contribution in [2.24, 2.45) is 0 Å². The van der Waals surface area contributed by atoms with Crippen LogP contribution < -0.4 is 20.2 Å². The molecule has 370 valence electrons. The van der Waals surface area contributed by atoms with Crippen molar-refractivity contribution < 1.29 is 4.39 Å². The van der Waals surface area contributed by atoms with Crippen LogP contribution in [-0.2, 0) is 0 Å². The van der Waals surface area contributed by atoms with Crippen LogP contribution in [0.1, 0.15) is 0 Å². The highest BCUT2D eigenvalue weighted by molar-refractivity contribution is 7.03. The molecule has 0 atom stereocenters. The van der Waals surface area contributed by atoms with Gasteiger partial charge in [-0.05, 0) is 166 Å². The van der Waals surface area contributed by atoms with E-state index in [1.807, 2.05) is 66.7 Å². The zero-order chi connectivity index (χ0) is 52.3. The van der Waals surface area contributed by atoms with Crippen molar-refractivity contribution in [3.8, 4) is 55.6 Å². The second-order valence-electron chi connectivity index (χ2n) is 20.9. The van der Waals surface area contributed by atoms with Gasteiger partial charge in [0.1, 0.15) is 13.9 Å². The third-order valence-corrected chi connectivity index (χ3v) is 19.6. The molecule has 13 aromatic rings. The number of halogens is 1. The highest BCUT2D eigenvalue weighted by Gasteiger charge is 2.37. The van der Waals surface area contributed by atoms with E-state index in [4.69, 9.17) is 0 Å². The molecule has 2 nitrogen and oxygen atoms in total. The molecule has 0 unspecified atom stereocenters. The van der Waals surface area contributed by atoms with Crippen molar-refractivity contribution in [3.05, 3.63) is 291 Å². The number of fused-ring (bicyclic) bond motifs is 6. The molecule has 0 saturated heterocycles. The summed E-state index contributed by atoms with van der Waals surface area (Å²) in [5, 5.41) is 10.3. The number of benzene rings is 13. The Hall–Kier alpha value is -9.61. The second kappa shape index (κ2) is 19.2. The van der Waals surface area contributed by atoms with E-state index in [-0.39, 0.29) is 5.82 Å². The third kappa shape index (κ3) is 7.91. The van der Waals surface area contributed by atoms with Crippen LogP contribution in [0, 0.1) is 5.82 Å². The molecule has 0 radical (unpaired) electrons. The maximum Gasteiger partial charge on any atom is 0.148 e. The number of para-hydroxylation sites is 3. The van der Waals surface area contributed by atoms with Crippen LogP contribution in [0.2, 0.25) is 13.1 Å². The zero-order valence-electron chi connectivity index (χ0n) is 43.4. The second-order valence-corrected chi connectivity index (χ2v) is 25.3. The first-order chi connectivity index (χ1) is 38.4. The van der Waals surface area contributed by atoms with Crippen LogP contribution >= 0.6 is 0 Å². The molecule has 14 rings (SSSR count). The van der Waals surface area contributed by atoms with Gasteiger partial charge < -0.3 is 9.80 Å². The van der Waals surface area contributed by atoms with Gasteiger partial charge in [-0.25, -0.2) is 4.39 Å². The SMILES string of the molecule is C[Si]1(C)c2cc(N(c3ccccc3)c3c(F)cc(-c4ccccc4)cc3-c3ccccc3)ccc2-c2cc3c4ccccc4c(-c4ccc(N(c5ccccc5)c5ccccc5-c5ccccc5)cc4)cc3c3cccc1c23. The smallest absolute Gasteiger partial charge is 0.148 e. The molecule has 0 saturated carbocycles. The predicted octanol–water partition coefficient (Wildman–Crippen LogP) is 19.7. The lowest BCUT2D eigenvalue weighted by atomic mass is 9.87. The monoisotopic (exact) mass is 1020 g/mol. The average molecular weight is 1020 g/mol. The molecule has 0 N–H and O–H groups in total. The summed E-state index contributed by atoms with van der Waals surface area (Å²) in [5.74, 6) is -0.282. The van der Waals surface area contributed by atoms with Gasteiger partial charge in [-0.1, -0.05) is 219 Å². The summed E-state index contributed by atoms with van der Waals surface area (Å²) in [7, 11) is -2.43. The highest BCUT2D eigenvalue weighted by atomic mass is 28.3. The molecule has 78 heavy (non-hydrogen) atoms. The lowest BCUT2D eigenvalue weighted by Crippen LogP contribution is -2.56. The van der Waals surface area contributed by atoms with E-state index in [9.17, 15) is 0 Å². The summed E-state index contributed by atoms with van der Waals surface area (Å²) in [6.07, 6.45) is 0. The molecule has 13 aromatic carbocycles. The van der Waals surface area contributed by atoms with Crippen molar-refractivity contribution >= 4 is 84.9 Å². The Labute approximate surface area is 456 Å². The van der Waals surface area contributed by atoms with Gasteiger partial charge in [0.05, 0.1) is 11.4 Å². The van der Waals surface area contributed by atoms with Gasteiger partial charge in [0.25, 0.3) is 0 Å². The number of nitrogens with zero attached hydrogens (tertiary/aromatic N) is 2. The van der Waals surface area contributed by atoms with Gasteiger partial charge in [-0.15, -0.1) is 0 Å². The van der Waals surface area contributed by atoms with E-state index in [0.29, 0.717) is 5.69 Å². The molecule has 1 aliphatic heterocycles. The Morgan fingerprint density at radius 3 is 1.46 bits per heavy atom. The first-order valence-electron chi connectivity index (χ1n) is 26.9. The van der Waals surface area contributed by atoms with Crippen LogP contribution in [-0.4, -0.2) is 8.07 Å². The van der Waals surface area contributed by atoms with Crippen LogP contribution in [0.25, 0.3) is 88.0 Å². The summed E-state index contributed by atoms with van der Waals surface area (Å²) >= 11 is 0. The molecule has 0 aromatic heterocycles. The summed E-state index contributed by atoms with van der Waals surface area (Å²) in [6.45, 7) is 4.97. The standard InChI is InChI=1S/C74H53FN2Si/c1-78(2)71-38-22-36-63-67-48-64(53-39-41-57(42-40-53)76(55-29-14-6-15-30-55)70-37-21-20-33-59(70)51-25-10-4-11-26-51)60-34-18-19-35-61(60)66(67)49-68(73(63)71)62-44-43-58(47-72(62)78)77(56-31-16-7-17-32-56)74-65(52-27-12-5-13-28-52)45-54(46-69(74)75)50-23-8-3-9-24-50/h3-49H,1-2H3. The number of hydrogen-bond acceptors (Lipinski definition) is 2. The van der Waals surface area contributed by atoms with Crippen molar-refractivity contribution in [1.29, 1.82) is 0 Å². The summed E-state index contributed by atoms with van der Waals surface area (Å²) in [4.78, 5) is 4.51. The van der Waals surface area contributed by atoms with Gasteiger partial charge >= 0.3 is 0 Å². The molecular weight excluding hydrogens is 964 g/mol. The maximum atomic E-state index is 17.6. The maximum absolute atomic E-state index is 17.6. The summed E-state index contributed by atoms with van der Waals surface area (Å²) in [6, 6.07) is 101. The van der Waals surface area contributed by atoms with Gasteiger partial charge in [-0.3, -0.25) is 0 Å². The minimum absolute atomic E-state index is 0.282. The highest BCUT2D eigenvalue weighted by Crippen LogP contribution is 2.48. The predicted molar refractivity (Wildman–Crippen MR) is 332 cm³/mol.